The second-order valence-corrected chi connectivity index (χ2v) is 10.3. The van der Waals surface area contributed by atoms with Crippen LogP contribution in [0.15, 0.2) is 54.9 Å². The van der Waals surface area contributed by atoms with Crippen LogP contribution in [0.3, 0.4) is 0 Å². The fourth-order valence-electron chi connectivity index (χ4n) is 4.23. The van der Waals surface area contributed by atoms with E-state index in [1.165, 1.54) is 6.08 Å². The number of carbonyl (C=O) groups excluding carboxylic acids is 3. The van der Waals surface area contributed by atoms with Crippen LogP contribution in [0.4, 0.5) is 10.5 Å². The molecule has 8 nitrogen and oxygen atoms in total. The highest BCUT2D eigenvalue weighted by Gasteiger charge is 2.24. The minimum absolute atomic E-state index is 0.0201. The van der Waals surface area contributed by atoms with Gasteiger partial charge in [0.05, 0.1) is 0 Å². The van der Waals surface area contributed by atoms with E-state index in [1.54, 1.807) is 63.5 Å². The van der Waals surface area contributed by atoms with Crippen LogP contribution in [0, 0.1) is 5.92 Å². The third kappa shape index (κ3) is 10.1. The van der Waals surface area contributed by atoms with Crippen molar-refractivity contribution in [3.05, 3.63) is 66.0 Å². The molecule has 1 aliphatic heterocycles. The number of amides is 3. The van der Waals surface area contributed by atoms with Gasteiger partial charge in [-0.1, -0.05) is 25.0 Å². The maximum Gasteiger partial charge on any atom is 0.412 e. The van der Waals surface area contributed by atoms with Crippen LogP contribution in [0.5, 0.6) is 0 Å². The summed E-state index contributed by atoms with van der Waals surface area (Å²) < 4.78 is 5.29. The Morgan fingerprint density at radius 1 is 1.11 bits per heavy atom. The number of unbranched alkanes of at least 4 members (excludes halogenated alkanes) is 1. The number of aromatic nitrogens is 1. The van der Waals surface area contributed by atoms with Crippen molar-refractivity contribution < 1.29 is 19.1 Å². The maximum atomic E-state index is 13.0. The number of likely N-dealkylation sites (tertiary alicyclic amines) is 1. The van der Waals surface area contributed by atoms with Gasteiger partial charge in [0.1, 0.15) is 5.60 Å². The predicted octanol–water partition coefficient (Wildman–Crippen LogP) is 5.28. The van der Waals surface area contributed by atoms with Crippen LogP contribution < -0.4 is 10.6 Å². The van der Waals surface area contributed by atoms with Crippen LogP contribution in [0.2, 0.25) is 0 Å². The maximum absolute atomic E-state index is 13.0. The molecule has 3 amide bonds. The first kappa shape index (κ1) is 27.9. The van der Waals surface area contributed by atoms with E-state index in [0.717, 1.165) is 50.8 Å². The van der Waals surface area contributed by atoms with Gasteiger partial charge in [-0.25, -0.2) is 4.79 Å². The lowest BCUT2D eigenvalue weighted by Crippen LogP contribution is -2.38. The van der Waals surface area contributed by atoms with Gasteiger partial charge in [-0.3, -0.25) is 19.9 Å². The summed E-state index contributed by atoms with van der Waals surface area (Å²) in [6.07, 6.45) is 11.2. The van der Waals surface area contributed by atoms with Crippen molar-refractivity contribution in [1.82, 2.24) is 15.2 Å². The molecule has 1 aromatic heterocycles. The number of rotatable bonds is 9. The van der Waals surface area contributed by atoms with Gasteiger partial charge in [0.25, 0.3) is 5.91 Å². The van der Waals surface area contributed by atoms with Crippen LogP contribution >= 0.6 is 0 Å². The van der Waals surface area contributed by atoms with Crippen LogP contribution in [-0.4, -0.2) is 53.0 Å². The molecule has 0 atom stereocenters. The van der Waals surface area contributed by atoms with Gasteiger partial charge in [0, 0.05) is 49.4 Å². The quantitative estimate of drug-likeness (QED) is 0.356. The number of benzene rings is 1. The number of anilines is 1. The van der Waals surface area contributed by atoms with E-state index in [2.05, 4.69) is 15.6 Å². The van der Waals surface area contributed by atoms with Crippen LogP contribution in [-0.2, 0) is 9.53 Å². The highest BCUT2D eigenvalue weighted by atomic mass is 16.6. The minimum Gasteiger partial charge on any atom is -0.444 e. The van der Waals surface area contributed by atoms with Crippen molar-refractivity contribution in [2.75, 3.05) is 25.0 Å². The second kappa shape index (κ2) is 13.6. The van der Waals surface area contributed by atoms with Gasteiger partial charge in [0.15, 0.2) is 0 Å². The zero-order valence-electron chi connectivity index (χ0n) is 22.0. The summed E-state index contributed by atoms with van der Waals surface area (Å²) >= 11 is 0. The van der Waals surface area contributed by atoms with Crippen molar-refractivity contribution in [3.8, 4) is 0 Å². The Morgan fingerprint density at radius 3 is 2.59 bits per heavy atom. The average Bonchev–Trinajstić information content (AvgIpc) is 2.87. The van der Waals surface area contributed by atoms with Crippen molar-refractivity contribution in [2.45, 2.75) is 58.5 Å². The lowest BCUT2D eigenvalue weighted by Gasteiger charge is -2.32. The van der Waals surface area contributed by atoms with Gasteiger partial charge in [-0.15, -0.1) is 0 Å². The zero-order chi connectivity index (χ0) is 26.7. The van der Waals surface area contributed by atoms with Crippen molar-refractivity contribution in [2.24, 2.45) is 5.92 Å². The molecule has 0 saturated carbocycles. The Labute approximate surface area is 219 Å². The highest BCUT2D eigenvalue weighted by Crippen LogP contribution is 2.24. The summed E-state index contributed by atoms with van der Waals surface area (Å²) in [5, 5.41) is 5.62. The summed E-state index contributed by atoms with van der Waals surface area (Å²) in [6.45, 7) is 7.52. The molecule has 2 aromatic rings. The molecular weight excluding hydrogens is 468 g/mol. The molecule has 0 bridgehead atoms. The molecule has 1 aliphatic rings. The summed E-state index contributed by atoms with van der Waals surface area (Å²) in [7, 11) is 0. The molecule has 1 fully saturated rings. The molecule has 0 radical (unpaired) electrons. The van der Waals surface area contributed by atoms with Crippen molar-refractivity contribution in [3.63, 3.8) is 0 Å². The summed E-state index contributed by atoms with van der Waals surface area (Å²) in [5.74, 6) is 0.472. The molecule has 0 spiro atoms. The third-order valence-corrected chi connectivity index (χ3v) is 6.11. The van der Waals surface area contributed by atoms with E-state index >= 15 is 0 Å². The van der Waals surface area contributed by atoms with E-state index in [1.807, 2.05) is 17.0 Å². The standard InChI is InChI=1S/C29H38N4O4/c1-29(2,3)37-28(36)32-25-11-6-10-24(20-25)27(35)33-18-14-22(15-19-33)8-4-5-17-31-26(34)13-12-23-9-7-16-30-21-23/h6-7,9-13,16,20-22H,4-5,8,14-15,17-19H2,1-3H3,(H,31,34)(H,32,36)/b13-12+. The monoisotopic (exact) mass is 506 g/mol. The van der Waals surface area contributed by atoms with E-state index in [-0.39, 0.29) is 11.8 Å². The zero-order valence-corrected chi connectivity index (χ0v) is 22.0. The van der Waals surface area contributed by atoms with E-state index in [0.29, 0.717) is 23.7 Å². The first-order valence-corrected chi connectivity index (χ1v) is 12.9. The average molecular weight is 507 g/mol. The van der Waals surface area contributed by atoms with Crippen LogP contribution in [0.1, 0.15) is 68.8 Å². The lowest BCUT2D eigenvalue weighted by molar-refractivity contribution is -0.116. The Bertz CT molecular complexity index is 1070. The normalized spacial score (nSPS) is 14.4. The van der Waals surface area contributed by atoms with E-state index in [4.69, 9.17) is 4.74 Å². The molecule has 0 unspecified atom stereocenters. The topological polar surface area (TPSA) is 101 Å². The first-order valence-electron chi connectivity index (χ1n) is 12.9. The van der Waals surface area contributed by atoms with Gasteiger partial charge in [-0.2, -0.15) is 0 Å². The molecule has 2 heterocycles. The molecule has 2 N–H and O–H groups in total. The summed E-state index contributed by atoms with van der Waals surface area (Å²) in [6, 6.07) is 10.7. The largest absolute Gasteiger partial charge is 0.444 e. The Hall–Kier alpha value is -3.68. The molecule has 37 heavy (non-hydrogen) atoms. The van der Waals surface area contributed by atoms with E-state index in [9.17, 15) is 14.4 Å². The van der Waals surface area contributed by atoms with Gasteiger partial charge < -0.3 is 15.0 Å². The van der Waals surface area contributed by atoms with Crippen molar-refractivity contribution >= 4 is 29.7 Å². The minimum atomic E-state index is -0.590. The molecule has 1 saturated heterocycles. The number of nitrogens with one attached hydrogen (secondary N) is 2. The number of carbonyl (C=O) groups is 3. The fourth-order valence-corrected chi connectivity index (χ4v) is 4.23. The molecular formula is C29H38N4O4. The van der Waals surface area contributed by atoms with Gasteiger partial charge in [-0.05, 0) is 81.9 Å². The molecule has 0 aliphatic carbocycles. The van der Waals surface area contributed by atoms with Crippen molar-refractivity contribution in [1.29, 1.82) is 0 Å². The number of hydrogen-bond acceptors (Lipinski definition) is 5. The highest BCUT2D eigenvalue weighted by molar-refractivity contribution is 5.96. The van der Waals surface area contributed by atoms with E-state index < -0.39 is 11.7 Å². The smallest absolute Gasteiger partial charge is 0.412 e. The molecule has 8 heteroatoms. The second-order valence-electron chi connectivity index (χ2n) is 10.3. The number of nitrogens with zero attached hydrogens (tertiary/aromatic N) is 2. The number of hydrogen-bond donors (Lipinski definition) is 2. The SMILES string of the molecule is CC(C)(C)OC(=O)Nc1cccc(C(=O)N2CCC(CCCCNC(=O)/C=C/c3cccnc3)CC2)c1. The Morgan fingerprint density at radius 2 is 1.89 bits per heavy atom. The number of ether oxygens (including phenoxy) is 1. The third-order valence-electron chi connectivity index (χ3n) is 6.11. The number of pyridine rings is 1. The predicted molar refractivity (Wildman–Crippen MR) is 145 cm³/mol. The molecule has 3 rings (SSSR count). The molecule has 198 valence electrons. The fraction of sp³-hybridized carbons (Fsp3) is 0.448. The Kier molecular flexibility index (Phi) is 10.2. The summed E-state index contributed by atoms with van der Waals surface area (Å²) in [5.41, 5.74) is 1.40. The lowest BCUT2D eigenvalue weighted by atomic mass is 9.91. The Balaban J connectivity index is 1.33. The molecule has 1 aromatic carbocycles. The van der Waals surface area contributed by atoms with Crippen LogP contribution in [0.25, 0.3) is 6.08 Å². The number of piperidine rings is 1. The van der Waals surface area contributed by atoms with Gasteiger partial charge in [0.2, 0.25) is 5.91 Å². The summed E-state index contributed by atoms with van der Waals surface area (Å²) in [4.78, 5) is 42.9. The van der Waals surface area contributed by atoms with Gasteiger partial charge >= 0.3 is 6.09 Å². The first-order chi connectivity index (χ1) is 17.7.